The van der Waals surface area contributed by atoms with Crippen molar-refractivity contribution in [3.63, 3.8) is 0 Å². The van der Waals surface area contributed by atoms with Crippen LogP contribution in [0.15, 0.2) is 65.7 Å². The largest absolute Gasteiger partial charge is 0.353 e. The second kappa shape index (κ2) is 10.9. The first-order valence-corrected chi connectivity index (χ1v) is 9.77. The van der Waals surface area contributed by atoms with Crippen molar-refractivity contribution in [1.82, 2.24) is 0 Å². The molecule has 1 aliphatic carbocycles. The Morgan fingerprint density at radius 3 is 2.88 bits per heavy atom. The molecule has 1 fully saturated rings. The van der Waals surface area contributed by atoms with E-state index in [1.807, 2.05) is 6.07 Å². The summed E-state index contributed by atoms with van der Waals surface area (Å²) in [7, 11) is 0. The highest BCUT2D eigenvalue weighted by atomic mass is 16.7. The molecular formula is C23H29NO2. The van der Waals surface area contributed by atoms with Crippen LogP contribution in [0, 0.1) is 5.92 Å². The van der Waals surface area contributed by atoms with Crippen molar-refractivity contribution in [3.8, 4) is 0 Å². The number of rotatable bonds is 8. The number of unbranched alkanes of at least 4 members (excludes halogenated alkanes) is 1. The number of ether oxygens (including phenoxy) is 2. The molecule has 1 aromatic rings. The Bertz CT molecular complexity index is 639. The number of aliphatic imine (C=N–C) groups is 1. The summed E-state index contributed by atoms with van der Waals surface area (Å²) in [6.07, 6.45) is 18.4. The highest BCUT2D eigenvalue weighted by Gasteiger charge is 2.13. The number of nitrogens with zero attached hydrogens (tertiary/aromatic N) is 1. The molecule has 1 aromatic carbocycles. The third-order valence-electron chi connectivity index (χ3n) is 4.62. The van der Waals surface area contributed by atoms with Crippen LogP contribution in [0.4, 0.5) is 0 Å². The summed E-state index contributed by atoms with van der Waals surface area (Å²) < 4.78 is 11.4. The quantitative estimate of drug-likeness (QED) is 0.602. The number of hydrogen-bond donors (Lipinski definition) is 0. The molecule has 2 unspecified atom stereocenters. The van der Waals surface area contributed by atoms with Crippen LogP contribution in [-0.2, 0) is 9.47 Å². The molecular weight excluding hydrogens is 322 g/mol. The molecule has 0 aromatic heterocycles. The van der Waals surface area contributed by atoms with E-state index in [9.17, 15) is 0 Å². The standard InChI is InChI=1S/C23H29NO2/c1-2-10-20(11-3-1)15-16-21-12-4-5-13-22(21)24-17-7-9-19-26-23-14-6-8-18-25-23/h1-5,10-13,15-16,21,23H,6-9,14,17-19H2. The molecule has 0 amide bonds. The van der Waals surface area contributed by atoms with E-state index in [-0.39, 0.29) is 12.2 Å². The van der Waals surface area contributed by atoms with E-state index in [2.05, 4.69) is 60.7 Å². The fourth-order valence-corrected chi connectivity index (χ4v) is 3.13. The molecule has 0 radical (unpaired) electrons. The third kappa shape index (κ3) is 6.40. The summed E-state index contributed by atoms with van der Waals surface area (Å²) in [6.45, 7) is 2.46. The van der Waals surface area contributed by atoms with Crippen LogP contribution in [0.5, 0.6) is 0 Å². The minimum Gasteiger partial charge on any atom is -0.353 e. The minimum absolute atomic E-state index is 0.0222. The van der Waals surface area contributed by atoms with Crippen LogP contribution in [0.1, 0.15) is 37.7 Å². The lowest BCUT2D eigenvalue weighted by Gasteiger charge is -2.22. The molecule has 2 aliphatic rings. The fourth-order valence-electron chi connectivity index (χ4n) is 3.13. The zero-order valence-corrected chi connectivity index (χ0v) is 15.4. The summed E-state index contributed by atoms with van der Waals surface area (Å²) in [5.41, 5.74) is 2.35. The van der Waals surface area contributed by atoms with Crippen LogP contribution < -0.4 is 0 Å². The lowest BCUT2D eigenvalue weighted by atomic mass is 9.97. The molecule has 2 atom stereocenters. The van der Waals surface area contributed by atoms with Crippen molar-refractivity contribution < 1.29 is 9.47 Å². The Labute approximate surface area is 157 Å². The zero-order chi connectivity index (χ0) is 17.9. The molecule has 0 bridgehead atoms. The molecule has 138 valence electrons. The van der Waals surface area contributed by atoms with Gasteiger partial charge in [-0.15, -0.1) is 0 Å². The van der Waals surface area contributed by atoms with Crippen molar-refractivity contribution in [2.24, 2.45) is 10.9 Å². The summed E-state index contributed by atoms with van der Waals surface area (Å²) in [5, 5.41) is 0. The summed E-state index contributed by atoms with van der Waals surface area (Å²) >= 11 is 0. The Morgan fingerprint density at radius 1 is 1.12 bits per heavy atom. The van der Waals surface area contributed by atoms with Gasteiger partial charge >= 0.3 is 0 Å². The maximum absolute atomic E-state index is 5.78. The van der Waals surface area contributed by atoms with E-state index >= 15 is 0 Å². The van der Waals surface area contributed by atoms with E-state index in [1.165, 1.54) is 18.4 Å². The van der Waals surface area contributed by atoms with Gasteiger partial charge in [0, 0.05) is 31.4 Å². The van der Waals surface area contributed by atoms with Crippen molar-refractivity contribution in [2.45, 2.75) is 38.4 Å². The molecule has 0 saturated carbocycles. The first kappa shape index (κ1) is 18.8. The van der Waals surface area contributed by atoms with Crippen LogP contribution in [0.25, 0.3) is 6.08 Å². The normalized spacial score (nSPS) is 24.5. The number of allylic oxidation sites excluding steroid dienone is 5. The molecule has 26 heavy (non-hydrogen) atoms. The lowest BCUT2D eigenvalue weighted by Crippen LogP contribution is -2.22. The van der Waals surface area contributed by atoms with Crippen LogP contribution >= 0.6 is 0 Å². The Kier molecular flexibility index (Phi) is 7.88. The monoisotopic (exact) mass is 351 g/mol. The topological polar surface area (TPSA) is 30.8 Å². The average molecular weight is 351 g/mol. The molecule has 0 N–H and O–H groups in total. The Hall–Kier alpha value is -1.97. The van der Waals surface area contributed by atoms with Crippen molar-refractivity contribution in [3.05, 3.63) is 66.3 Å². The van der Waals surface area contributed by atoms with Gasteiger partial charge in [-0.2, -0.15) is 0 Å². The fraction of sp³-hybridized carbons (Fsp3) is 0.435. The minimum atomic E-state index is 0.0222. The number of hydrogen-bond acceptors (Lipinski definition) is 3. The van der Waals surface area contributed by atoms with E-state index in [1.54, 1.807) is 0 Å². The second-order valence-corrected chi connectivity index (χ2v) is 6.72. The van der Waals surface area contributed by atoms with E-state index in [4.69, 9.17) is 14.5 Å². The van der Waals surface area contributed by atoms with E-state index in [0.29, 0.717) is 0 Å². The summed E-state index contributed by atoms with van der Waals surface area (Å²) in [6, 6.07) is 10.4. The van der Waals surface area contributed by atoms with Gasteiger partial charge in [-0.25, -0.2) is 0 Å². The Balaban J connectivity index is 1.40. The first-order valence-electron chi connectivity index (χ1n) is 9.77. The third-order valence-corrected chi connectivity index (χ3v) is 4.62. The average Bonchev–Trinajstić information content (AvgIpc) is 2.71. The van der Waals surface area contributed by atoms with E-state index in [0.717, 1.165) is 44.7 Å². The van der Waals surface area contributed by atoms with Gasteiger partial charge in [-0.1, -0.05) is 60.7 Å². The zero-order valence-electron chi connectivity index (χ0n) is 15.4. The van der Waals surface area contributed by atoms with Crippen molar-refractivity contribution in [2.75, 3.05) is 19.8 Å². The van der Waals surface area contributed by atoms with E-state index < -0.39 is 0 Å². The van der Waals surface area contributed by atoms with Gasteiger partial charge in [-0.05, 0) is 43.7 Å². The van der Waals surface area contributed by atoms with Gasteiger partial charge in [0.15, 0.2) is 6.29 Å². The van der Waals surface area contributed by atoms with Gasteiger partial charge in [0.25, 0.3) is 0 Å². The summed E-state index contributed by atoms with van der Waals surface area (Å²) in [5.74, 6) is 0.257. The van der Waals surface area contributed by atoms with Crippen LogP contribution in [-0.4, -0.2) is 31.8 Å². The molecule has 3 rings (SSSR count). The molecule has 3 nitrogen and oxygen atoms in total. The van der Waals surface area contributed by atoms with Crippen LogP contribution in [0.2, 0.25) is 0 Å². The Morgan fingerprint density at radius 2 is 2.04 bits per heavy atom. The van der Waals surface area contributed by atoms with Gasteiger partial charge < -0.3 is 9.47 Å². The van der Waals surface area contributed by atoms with Gasteiger partial charge in [0.1, 0.15) is 0 Å². The second-order valence-electron chi connectivity index (χ2n) is 6.72. The summed E-state index contributed by atoms with van der Waals surface area (Å²) in [4.78, 5) is 4.80. The molecule has 1 heterocycles. The smallest absolute Gasteiger partial charge is 0.157 e. The predicted octanol–water partition coefficient (Wildman–Crippen LogP) is 5.21. The van der Waals surface area contributed by atoms with Crippen molar-refractivity contribution in [1.29, 1.82) is 0 Å². The van der Waals surface area contributed by atoms with Gasteiger partial charge in [0.2, 0.25) is 0 Å². The SMILES string of the molecule is C1=CC(=NCCCCOC2CCCCO2)C(C=Cc2ccccc2)C=C1. The molecule has 3 heteroatoms. The highest BCUT2D eigenvalue weighted by molar-refractivity contribution is 6.00. The number of benzene rings is 1. The molecule has 1 saturated heterocycles. The molecule has 1 aliphatic heterocycles. The van der Waals surface area contributed by atoms with Gasteiger partial charge in [0.05, 0.1) is 0 Å². The highest BCUT2D eigenvalue weighted by Crippen LogP contribution is 2.15. The first-order chi connectivity index (χ1) is 12.9. The van der Waals surface area contributed by atoms with Crippen molar-refractivity contribution >= 4 is 11.8 Å². The van der Waals surface area contributed by atoms with Crippen LogP contribution in [0.3, 0.4) is 0 Å². The maximum atomic E-state index is 5.78. The maximum Gasteiger partial charge on any atom is 0.157 e. The predicted molar refractivity (Wildman–Crippen MR) is 108 cm³/mol. The lowest BCUT2D eigenvalue weighted by molar-refractivity contribution is -0.162. The molecule has 0 spiro atoms. The van der Waals surface area contributed by atoms with Gasteiger partial charge in [-0.3, -0.25) is 4.99 Å².